The molecule has 3 N–H and O–H groups in total. The van der Waals surface area contributed by atoms with E-state index in [9.17, 15) is 28.6 Å². The van der Waals surface area contributed by atoms with Crippen LogP contribution in [0.25, 0.3) is 0 Å². The molecular weight excluding hydrogens is 460 g/mol. The summed E-state index contributed by atoms with van der Waals surface area (Å²) >= 11 is 0. The number of rotatable bonds is 7. The Balaban J connectivity index is 1.55. The van der Waals surface area contributed by atoms with E-state index in [1.165, 1.54) is 18.1 Å². The molecule has 9 nitrogen and oxygen atoms in total. The maximum Gasteiger partial charge on any atom is 0.340 e. The summed E-state index contributed by atoms with van der Waals surface area (Å²) < 4.78 is 29.2. The van der Waals surface area contributed by atoms with Crippen LogP contribution in [0.3, 0.4) is 0 Å². The average Bonchev–Trinajstić information content (AvgIpc) is 3.61. The van der Waals surface area contributed by atoms with Crippen LogP contribution in [-0.4, -0.2) is 47.3 Å². The van der Waals surface area contributed by atoms with Gasteiger partial charge in [-0.3, -0.25) is 4.79 Å². The molecule has 2 aliphatic carbocycles. The molecule has 3 aromatic rings. The maximum absolute atomic E-state index is 13.8. The minimum Gasteiger partial charge on any atom is -0.479 e. The summed E-state index contributed by atoms with van der Waals surface area (Å²) in [6, 6.07) is 2.20. The molecule has 1 aromatic carbocycles. The number of nitrogens with zero attached hydrogens (tertiary/aromatic N) is 4. The number of aryl methyl sites for hydroxylation is 2. The van der Waals surface area contributed by atoms with Crippen LogP contribution in [0.1, 0.15) is 48.2 Å². The van der Waals surface area contributed by atoms with Crippen LogP contribution in [0.5, 0.6) is 0 Å². The fourth-order valence-corrected chi connectivity index (χ4v) is 5.34. The molecule has 184 valence electrons. The second kappa shape index (κ2) is 8.56. The minimum atomic E-state index is -2.86. The van der Waals surface area contributed by atoms with Crippen molar-refractivity contribution in [3.8, 4) is 0 Å². The molecule has 0 fully saturated rings. The van der Waals surface area contributed by atoms with E-state index in [4.69, 9.17) is 0 Å². The van der Waals surface area contributed by atoms with Crippen LogP contribution in [0.2, 0.25) is 0 Å². The van der Waals surface area contributed by atoms with Crippen molar-refractivity contribution in [2.24, 2.45) is 5.92 Å². The largest absolute Gasteiger partial charge is 0.479 e. The molecule has 0 bridgehead atoms. The van der Waals surface area contributed by atoms with Gasteiger partial charge in [0.25, 0.3) is 0 Å². The van der Waals surface area contributed by atoms with Gasteiger partial charge in [0.1, 0.15) is 0 Å². The smallest absolute Gasteiger partial charge is 0.340 e. The summed E-state index contributed by atoms with van der Waals surface area (Å²) in [6.07, 6.45) is 6.94. The zero-order valence-corrected chi connectivity index (χ0v) is 19.0. The lowest BCUT2D eigenvalue weighted by Crippen LogP contribution is -2.57. The Bertz CT molecular complexity index is 1250. The number of aliphatic hydroxyl groups is 1. The van der Waals surface area contributed by atoms with Crippen LogP contribution in [0.4, 0.5) is 14.5 Å². The summed E-state index contributed by atoms with van der Waals surface area (Å²) in [5, 5.41) is 32.1. The second-order valence-corrected chi connectivity index (χ2v) is 9.23. The van der Waals surface area contributed by atoms with E-state index in [1.807, 2.05) is 0 Å². The topological polar surface area (TPSA) is 122 Å². The Morgan fingerprint density at radius 3 is 1.94 bits per heavy atom. The summed E-state index contributed by atoms with van der Waals surface area (Å²) in [4.78, 5) is 26.0. The highest BCUT2D eigenvalue weighted by atomic mass is 19.1. The van der Waals surface area contributed by atoms with Gasteiger partial charge < -0.3 is 15.5 Å². The molecule has 11 heteroatoms. The van der Waals surface area contributed by atoms with E-state index in [0.717, 1.165) is 83.8 Å². The Kier molecular flexibility index (Phi) is 5.66. The molecule has 0 saturated carbocycles. The van der Waals surface area contributed by atoms with E-state index < -0.39 is 41.2 Å². The van der Waals surface area contributed by atoms with Crippen LogP contribution in [0.15, 0.2) is 30.9 Å². The van der Waals surface area contributed by atoms with Gasteiger partial charge in [-0.15, -0.1) is 0 Å². The van der Waals surface area contributed by atoms with E-state index in [1.54, 1.807) is 0 Å². The molecule has 0 spiro atoms. The first-order valence-corrected chi connectivity index (χ1v) is 11.5. The molecule has 0 radical (unpaired) electrons. The summed E-state index contributed by atoms with van der Waals surface area (Å²) in [5.74, 6) is -5.65. The third-order valence-corrected chi connectivity index (χ3v) is 7.15. The summed E-state index contributed by atoms with van der Waals surface area (Å²) in [5.41, 5.74) is 2.29. The van der Waals surface area contributed by atoms with Gasteiger partial charge >= 0.3 is 5.97 Å². The number of hydrogen-bond acceptors (Lipinski definition) is 5. The van der Waals surface area contributed by atoms with Crippen molar-refractivity contribution in [2.45, 2.75) is 57.2 Å². The summed E-state index contributed by atoms with van der Waals surface area (Å²) in [6.45, 7) is 1.26. The molecule has 5 rings (SSSR count). The fraction of sp³-hybridized carbons (Fsp3) is 0.417. The number of anilines is 1. The minimum absolute atomic E-state index is 0.698. The molecule has 35 heavy (non-hydrogen) atoms. The third kappa shape index (κ3) is 3.79. The van der Waals surface area contributed by atoms with E-state index in [-0.39, 0.29) is 0 Å². The van der Waals surface area contributed by atoms with Gasteiger partial charge in [-0.2, -0.15) is 10.2 Å². The molecule has 1 amide bonds. The highest BCUT2D eigenvalue weighted by molar-refractivity contribution is 5.98. The number of benzene rings is 1. The Morgan fingerprint density at radius 1 is 1.00 bits per heavy atom. The van der Waals surface area contributed by atoms with E-state index >= 15 is 0 Å². The summed E-state index contributed by atoms with van der Waals surface area (Å²) in [7, 11) is 0. The molecule has 0 saturated heterocycles. The predicted molar refractivity (Wildman–Crippen MR) is 120 cm³/mol. The van der Waals surface area contributed by atoms with Crippen LogP contribution >= 0.6 is 0 Å². The van der Waals surface area contributed by atoms with Crippen LogP contribution < -0.4 is 5.32 Å². The first-order chi connectivity index (χ1) is 16.7. The first-order valence-electron chi connectivity index (χ1n) is 11.5. The van der Waals surface area contributed by atoms with Crippen molar-refractivity contribution in [2.75, 3.05) is 5.32 Å². The molecule has 0 aliphatic heterocycles. The quantitative estimate of drug-likeness (QED) is 0.473. The average molecular weight is 485 g/mol. The Morgan fingerprint density at radius 2 is 1.51 bits per heavy atom. The molecule has 2 atom stereocenters. The van der Waals surface area contributed by atoms with Crippen molar-refractivity contribution in [1.29, 1.82) is 0 Å². The van der Waals surface area contributed by atoms with Gasteiger partial charge in [-0.25, -0.2) is 22.9 Å². The lowest BCUT2D eigenvalue weighted by molar-refractivity contribution is -0.176. The third-order valence-electron chi connectivity index (χ3n) is 7.15. The Labute approximate surface area is 199 Å². The van der Waals surface area contributed by atoms with Gasteiger partial charge in [0.15, 0.2) is 17.8 Å². The molecular formula is C24H25F2N5O4. The molecule has 2 unspecified atom stereocenters. The zero-order valence-electron chi connectivity index (χ0n) is 19.0. The van der Waals surface area contributed by atoms with Gasteiger partial charge in [-0.05, 0) is 60.8 Å². The van der Waals surface area contributed by atoms with Gasteiger partial charge in [0.2, 0.25) is 11.5 Å². The second-order valence-electron chi connectivity index (χ2n) is 9.23. The number of fused-ring (bicyclic) bond motifs is 2. The lowest BCUT2D eigenvalue weighted by atomic mass is 9.84. The number of aromatic nitrogens is 4. The van der Waals surface area contributed by atoms with Gasteiger partial charge in [0.05, 0.1) is 30.7 Å². The van der Waals surface area contributed by atoms with Crippen molar-refractivity contribution in [3.05, 3.63) is 64.7 Å². The molecule has 2 heterocycles. The lowest BCUT2D eigenvalue weighted by Gasteiger charge is -2.36. The molecule has 2 aromatic heterocycles. The number of nitrogens with one attached hydrogen (secondary N) is 1. The highest BCUT2D eigenvalue weighted by Gasteiger charge is 2.55. The first kappa shape index (κ1) is 23.2. The zero-order chi connectivity index (χ0) is 24.9. The van der Waals surface area contributed by atoms with E-state index in [2.05, 4.69) is 21.6 Å². The van der Waals surface area contributed by atoms with Crippen LogP contribution in [-0.2, 0) is 35.3 Å². The fourth-order valence-electron chi connectivity index (χ4n) is 5.34. The Hall–Kier alpha value is -3.60. The maximum atomic E-state index is 13.8. The van der Waals surface area contributed by atoms with Crippen molar-refractivity contribution < 1.29 is 28.6 Å². The number of carboxylic acids is 1. The normalized spacial score (nSPS) is 17.2. The van der Waals surface area contributed by atoms with Gasteiger partial charge in [-0.1, -0.05) is 13.0 Å². The number of carboxylic acid groups (broad SMARTS) is 1. The number of halogens is 2. The number of aliphatic carboxylic acids is 1. The monoisotopic (exact) mass is 485 g/mol. The number of carbonyl (C=O) groups is 2. The van der Waals surface area contributed by atoms with E-state index in [0.29, 0.717) is 5.69 Å². The molecule has 2 aliphatic rings. The van der Waals surface area contributed by atoms with Crippen molar-refractivity contribution in [1.82, 2.24) is 19.6 Å². The predicted octanol–water partition coefficient (Wildman–Crippen LogP) is 2.47. The number of carbonyl (C=O) groups excluding carboxylic acids is 1. The standard InChI is InChI=1S/C24H25F2N5O4/c1-13(21(32)29-20-18-6-2-4-14(18)8-15-5-3-7-19(15)20)24(35,23(33)34)22(30-11-16(25)9-27-30)31-12-17(26)10-28-31/h8-13,22,35H,2-7H2,1H3,(H,29,32)(H,33,34). The number of amides is 1. The van der Waals surface area contributed by atoms with Crippen molar-refractivity contribution >= 4 is 17.6 Å². The highest BCUT2D eigenvalue weighted by Crippen LogP contribution is 2.40. The van der Waals surface area contributed by atoms with Crippen LogP contribution in [0, 0.1) is 17.6 Å². The van der Waals surface area contributed by atoms with Crippen molar-refractivity contribution in [3.63, 3.8) is 0 Å². The van der Waals surface area contributed by atoms with Gasteiger partial charge in [0, 0.05) is 5.69 Å². The SMILES string of the molecule is CC(C(=O)Nc1c2c(cc3c1CCC3)CCC2)C(O)(C(=O)O)C(n1cc(F)cn1)n1cc(F)cn1. The number of hydrogen-bond donors (Lipinski definition) is 3.